The summed E-state index contributed by atoms with van der Waals surface area (Å²) in [5, 5.41) is 4.44. The monoisotopic (exact) mass is 387 g/mol. The standard InChI is InChI=1S/C24H25N3O2/c1-4-28-16-19-6-5-17(2)21(13-19)14-24-25-15-23(29-24)20-7-9-22(10-8-20)27-12-11-18(3)26-27/h5-13,15H,4,14,16H2,1-3H3. The Morgan fingerprint density at radius 1 is 1.03 bits per heavy atom. The molecule has 0 aliphatic rings. The third kappa shape index (κ3) is 4.46. The van der Waals surface area contributed by atoms with Crippen LogP contribution in [0.4, 0.5) is 0 Å². The highest BCUT2D eigenvalue weighted by atomic mass is 16.5. The molecule has 0 atom stereocenters. The molecule has 0 spiro atoms. The summed E-state index contributed by atoms with van der Waals surface area (Å²) in [4.78, 5) is 4.49. The Morgan fingerprint density at radius 3 is 2.59 bits per heavy atom. The van der Waals surface area contributed by atoms with Crippen LogP contribution in [0.2, 0.25) is 0 Å². The average molecular weight is 387 g/mol. The molecule has 2 heterocycles. The van der Waals surface area contributed by atoms with E-state index < -0.39 is 0 Å². The fourth-order valence-corrected chi connectivity index (χ4v) is 3.25. The van der Waals surface area contributed by atoms with Crippen molar-refractivity contribution in [2.24, 2.45) is 0 Å². The summed E-state index contributed by atoms with van der Waals surface area (Å²) < 4.78 is 13.4. The summed E-state index contributed by atoms with van der Waals surface area (Å²) >= 11 is 0. The van der Waals surface area contributed by atoms with Crippen LogP contribution in [0.15, 0.2) is 65.3 Å². The van der Waals surface area contributed by atoms with E-state index in [4.69, 9.17) is 9.15 Å². The van der Waals surface area contributed by atoms with E-state index >= 15 is 0 Å². The zero-order valence-corrected chi connectivity index (χ0v) is 17.1. The van der Waals surface area contributed by atoms with Crippen molar-refractivity contribution in [1.29, 1.82) is 0 Å². The number of rotatable bonds is 7. The first-order chi connectivity index (χ1) is 14.1. The van der Waals surface area contributed by atoms with Crippen molar-refractivity contribution in [3.8, 4) is 17.0 Å². The van der Waals surface area contributed by atoms with Crippen LogP contribution in [0.25, 0.3) is 17.0 Å². The number of nitrogens with zero attached hydrogens (tertiary/aromatic N) is 3. The Hall–Kier alpha value is -3.18. The van der Waals surface area contributed by atoms with Crippen molar-refractivity contribution in [2.75, 3.05) is 6.61 Å². The smallest absolute Gasteiger partial charge is 0.199 e. The van der Waals surface area contributed by atoms with Gasteiger partial charge in [-0.05, 0) is 67.8 Å². The van der Waals surface area contributed by atoms with Crippen LogP contribution in [0.5, 0.6) is 0 Å². The normalized spacial score (nSPS) is 11.1. The first kappa shape index (κ1) is 19.2. The Bertz CT molecular complexity index is 1090. The molecule has 0 radical (unpaired) electrons. The van der Waals surface area contributed by atoms with Gasteiger partial charge in [-0.3, -0.25) is 0 Å². The molecule has 148 valence electrons. The summed E-state index contributed by atoms with van der Waals surface area (Å²) in [5.74, 6) is 1.48. The molecule has 0 aliphatic carbocycles. The number of aromatic nitrogens is 3. The number of hydrogen-bond donors (Lipinski definition) is 0. The maximum absolute atomic E-state index is 6.03. The molecule has 4 rings (SSSR count). The molecule has 0 saturated heterocycles. The van der Waals surface area contributed by atoms with Gasteiger partial charge in [0.2, 0.25) is 0 Å². The highest BCUT2D eigenvalue weighted by Gasteiger charge is 2.10. The second kappa shape index (κ2) is 8.45. The number of aryl methyl sites for hydroxylation is 2. The van der Waals surface area contributed by atoms with Crippen molar-refractivity contribution in [3.05, 3.63) is 89.2 Å². The summed E-state index contributed by atoms with van der Waals surface area (Å²) in [6, 6.07) is 16.5. The highest BCUT2D eigenvalue weighted by molar-refractivity contribution is 5.58. The van der Waals surface area contributed by atoms with Gasteiger partial charge in [-0.1, -0.05) is 18.2 Å². The Labute approximate surface area is 171 Å². The van der Waals surface area contributed by atoms with Crippen LogP contribution in [0.1, 0.15) is 35.2 Å². The third-order valence-corrected chi connectivity index (χ3v) is 4.92. The summed E-state index contributed by atoms with van der Waals surface area (Å²) in [5.41, 5.74) is 6.61. The van der Waals surface area contributed by atoms with Gasteiger partial charge < -0.3 is 9.15 Å². The van der Waals surface area contributed by atoms with E-state index in [0.717, 1.165) is 22.7 Å². The molecular weight excluding hydrogens is 362 g/mol. The Morgan fingerprint density at radius 2 is 1.86 bits per heavy atom. The largest absolute Gasteiger partial charge is 0.440 e. The van der Waals surface area contributed by atoms with E-state index in [-0.39, 0.29) is 0 Å². The SMILES string of the molecule is CCOCc1ccc(C)c(Cc2ncc(-c3ccc(-n4ccc(C)n4)cc3)o2)c1. The molecule has 0 fully saturated rings. The van der Waals surface area contributed by atoms with Crippen LogP contribution in [-0.2, 0) is 17.8 Å². The van der Waals surface area contributed by atoms with Crippen LogP contribution >= 0.6 is 0 Å². The summed E-state index contributed by atoms with van der Waals surface area (Å²) in [6.07, 6.45) is 4.41. The zero-order valence-electron chi connectivity index (χ0n) is 17.1. The Balaban J connectivity index is 1.50. The molecule has 0 saturated carbocycles. The number of ether oxygens (including phenoxy) is 1. The van der Waals surface area contributed by atoms with E-state index in [1.54, 1.807) is 6.20 Å². The lowest BCUT2D eigenvalue weighted by molar-refractivity contribution is 0.134. The molecular formula is C24H25N3O2. The minimum absolute atomic E-state index is 0.628. The van der Waals surface area contributed by atoms with Gasteiger partial charge in [0, 0.05) is 24.8 Å². The van der Waals surface area contributed by atoms with Crippen molar-refractivity contribution in [2.45, 2.75) is 33.8 Å². The van der Waals surface area contributed by atoms with E-state index in [9.17, 15) is 0 Å². The summed E-state index contributed by atoms with van der Waals surface area (Å²) in [6.45, 7) is 7.44. The maximum atomic E-state index is 6.03. The third-order valence-electron chi connectivity index (χ3n) is 4.92. The molecule has 0 N–H and O–H groups in total. The van der Waals surface area contributed by atoms with Crippen LogP contribution in [0.3, 0.4) is 0 Å². The van der Waals surface area contributed by atoms with Crippen molar-refractivity contribution < 1.29 is 9.15 Å². The lowest BCUT2D eigenvalue weighted by atomic mass is 10.0. The molecule has 29 heavy (non-hydrogen) atoms. The van der Waals surface area contributed by atoms with Crippen LogP contribution < -0.4 is 0 Å². The molecule has 0 unspecified atom stereocenters. The first-order valence-electron chi connectivity index (χ1n) is 9.86. The molecule has 0 aliphatic heterocycles. The van der Waals surface area contributed by atoms with Crippen molar-refractivity contribution in [3.63, 3.8) is 0 Å². The van der Waals surface area contributed by atoms with E-state index in [0.29, 0.717) is 25.5 Å². The lowest BCUT2D eigenvalue weighted by Gasteiger charge is -2.08. The van der Waals surface area contributed by atoms with Gasteiger partial charge in [0.1, 0.15) is 0 Å². The van der Waals surface area contributed by atoms with E-state index in [1.165, 1.54) is 16.7 Å². The molecule has 4 aromatic rings. The molecule has 2 aromatic heterocycles. The molecule has 5 nitrogen and oxygen atoms in total. The van der Waals surface area contributed by atoms with Gasteiger partial charge in [-0.15, -0.1) is 0 Å². The quantitative estimate of drug-likeness (QED) is 0.433. The lowest BCUT2D eigenvalue weighted by Crippen LogP contribution is -1.97. The zero-order chi connectivity index (χ0) is 20.2. The molecule has 0 amide bonds. The van der Waals surface area contributed by atoms with Gasteiger partial charge in [0.05, 0.1) is 24.2 Å². The molecule has 2 aromatic carbocycles. The van der Waals surface area contributed by atoms with Gasteiger partial charge in [0.25, 0.3) is 0 Å². The number of oxazole rings is 1. The molecule has 0 bridgehead atoms. The van der Waals surface area contributed by atoms with Crippen LogP contribution in [-0.4, -0.2) is 21.4 Å². The Kier molecular flexibility index (Phi) is 5.58. The van der Waals surface area contributed by atoms with Crippen LogP contribution in [0, 0.1) is 13.8 Å². The average Bonchev–Trinajstić information content (AvgIpc) is 3.38. The first-order valence-corrected chi connectivity index (χ1v) is 9.86. The highest BCUT2D eigenvalue weighted by Crippen LogP contribution is 2.24. The van der Waals surface area contributed by atoms with Gasteiger partial charge >= 0.3 is 0 Å². The van der Waals surface area contributed by atoms with Gasteiger partial charge in [-0.25, -0.2) is 9.67 Å². The fraction of sp³-hybridized carbons (Fsp3) is 0.250. The second-order valence-electron chi connectivity index (χ2n) is 7.14. The fourth-order valence-electron chi connectivity index (χ4n) is 3.25. The van der Waals surface area contributed by atoms with E-state index in [2.05, 4.69) is 35.2 Å². The number of benzene rings is 2. The molecule has 5 heteroatoms. The predicted octanol–water partition coefficient (Wildman–Crippen LogP) is 5.27. The number of hydrogen-bond acceptors (Lipinski definition) is 4. The minimum atomic E-state index is 0.628. The minimum Gasteiger partial charge on any atom is -0.440 e. The predicted molar refractivity (Wildman–Crippen MR) is 113 cm³/mol. The van der Waals surface area contributed by atoms with Gasteiger partial charge in [0.15, 0.2) is 11.7 Å². The topological polar surface area (TPSA) is 53.1 Å². The second-order valence-corrected chi connectivity index (χ2v) is 7.14. The van der Waals surface area contributed by atoms with Crippen molar-refractivity contribution in [1.82, 2.24) is 14.8 Å². The maximum Gasteiger partial charge on any atom is 0.199 e. The van der Waals surface area contributed by atoms with E-state index in [1.807, 2.05) is 55.1 Å². The van der Waals surface area contributed by atoms with Gasteiger partial charge in [-0.2, -0.15) is 5.10 Å². The summed E-state index contributed by atoms with van der Waals surface area (Å²) in [7, 11) is 0. The van der Waals surface area contributed by atoms with Crippen molar-refractivity contribution >= 4 is 0 Å².